The molecule has 0 bridgehead atoms. The molecule has 0 fully saturated rings. The average molecular weight is 418 g/mol. The van der Waals surface area contributed by atoms with Crippen LogP contribution in [-0.2, 0) is 19.4 Å². The fourth-order valence-corrected chi connectivity index (χ4v) is 2.30. The molecule has 0 amide bonds. The van der Waals surface area contributed by atoms with Gasteiger partial charge in [-0.1, -0.05) is 12.1 Å². The molecule has 6 nitrogen and oxygen atoms in total. The van der Waals surface area contributed by atoms with Gasteiger partial charge in [-0.25, -0.2) is 9.67 Å². The molecular weight excluding hydrogens is 406 g/mol. The molecule has 0 N–H and O–H groups in total. The first-order valence-corrected chi connectivity index (χ1v) is 7.87. The van der Waals surface area contributed by atoms with Crippen molar-refractivity contribution >= 4 is 0 Å². The van der Waals surface area contributed by atoms with E-state index < -0.39 is 23.6 Å². The van der Waals surface area contributed by atoms with Crippen LogP contribution in [0.3, 0.4) is 0 Å². The predicted molar refractivity (Wildman–Crippen MR) is 87.3 cm³/mol. The van der Waals surface area contributed by atoms with E-state index in [0.717, 1.165) is 16.8 Å². The number of benzene rings is 1. The highest BCUT2D eigenvalue weighted by molar-refractivity contribution is 5.57. The van der Waals surface area contributed by atoms with Crippen LogP contribution in [0.2, 0.25) is 0 Å². The van der Waals surface area contributed by atoms with Crippen LogP contribution >= 0.6 is 0 Å². The molecule has 2 aromatic heterocycles. The molecule has 2 heterocycles. The number of nitrogens with zero attached hydrogens (tertiary/aromatic N) is 4. The van der Waals surface area contributed by atoms with Gasteiger partial charge in [0, 0.05) is 18.7 Å². The zero-order chi connectivity index (χ0) is 21.4. The van der Waals surface area contributed by atoms with E-state index in [0.29, 0.717) is 6.07 Å². The lowest BCUT2D eigenvalue weighted by Gasteiger charge is -2.11. The minimum Gasteiger partial charge on any atom is -0.490 e. The fourth-order valence-electron chi connectivity index (χ4n) is 2.30. The topological polar surface area (TPSA) is 62.1 Å². The molecule has 0 saturated carbocycles. The molecule has 154 valence electrons. The summed E-state index contributed by atoms with van der Waals surface area (Å²) in [7, 11) is 2.52. The summed E-state index contributed by atoms with van der Waals surface area (Å²) in [5, 5.41) is 3.32. The van der Waals surface area contributed by atoms with E-state index in [2.05, 4.69) is 15.1 Å². The van der Waals surface area contributed by atoms with Gasteiger partial charge in [-0.15, -0.1) is 0 Å². The van der Waals surface area contributed by atoms with Crippen molar-refractivity contribution in [2.45, 2.75) is 12.4 Å². The second-order valence-electron chi connectivity index (χ2n) is 5.73. The quantitative estimate of drug-likeness (QED) is 0.574. The molecule has 0 radical (unpaired) electrons. The zero-order valence-electron chi connectivity index (χ0n) is 14.8. The maximum absolute atomic E-state index is 12.8. The highest BCUT2D eigenvalue weighted by atomic mass is 19.4. The Hall–Kier alpha value is -3.31. The molecule has 0 saturated heterocycles. The van der Waals surface area contributed by atoms with Gasteiger partial charge < -0.3 is 9.47 Å². The lowest BCUT2D eigenvalue weighted by atomic mass is 10.1. The SMILES string of the molecule is COc1cnc(-c2ccc(C(F)(F)F)cc2)nc1Oc1cc(C(F)(F)F)nn1C. The first kappa shape index (κ1) is 20.4. The van der Waals surface area contributed by atoms with Gasteiger partial charge in [0.25, 0.3) is 5.88 Å². The number of halogens is 6. The smallest absolute Gasteiger partial charge is 0.435 e. The molecule has 0 unspecified atom stereocenters. The van der Waals surface area contributed by atoms with E-state index in [-0.39, 0.29) is 28.9 Å². The maximum Gasteiger partial charge on any atom is 0.435 e. The van der Waals surface area contributed by atoms with Crippen LogP contribution < -0.4 is 9.47 Å². The summed E-state index contributed by atoms with van der Waals surface area (Å²) in [5.41, 5.74) is -1.77. The van der Waals surface area contributed by atoms with Crippen molar-refractivity contribution < 1.29 is 35.8 Å². The van der Waals surface area contributed by atoms with Crippen LogP contribution in [0.15, 0.2) is 36.5 Å². The molecule has 3 rings (SSSR count). The Kier molecular flexibility index (Phi) is 5.11. The van der Waals surface area contributed by atoms with Crippen molar-refractivity contribution in [1.82, 2.24) is 19.7 Å². The molecule has 0 atom stereocenters. The van der Waals surface area contributed by atoms with Crippen molar-refractivity contribution in [2.24, 2.45) is 7.05 Å². The summed E-state index contributed by atoms with van der Waals surface area (Å²) in [6.07, 6.45) is -7.97. The van der Waals surface area contributed by atoms with Gasteiger partial charge in [0.15, 0.2) is 17.3 Å². The van der Waals surface area contributed by atoms with Crippen molar-refractivity contribution in [3.8, 4) is 28.9 Å². The van der Waals surface area contributed by atoms with E-state index in [1.807, 2.05) is 0 Å². The highest BCUT2D eigenvalue weighted by Crippen LogP contribution is 2.35. The third-order valence-electron chi connectivity index (χ3n) is 3.74. The van der Waals surface area contributed by atoms with Gasteiger partial charge in [-0.2, -0.15) is 36.4 Å². The van der Waals surface area contributed by atoms with Crippen molar-refractivity contribution in [2.75, 3.05) is 7.11 Å². The first-order chi connectivity index (χ1) is 13.5. The average Bonchev–Trinajstić information content (AvgIpc) is 3.02. The number of aryl methyl sites for hydroxylation is 1. The van der Waals surface area contributed by atoms with Crippen LogP contribution in [0.1, 0.15) is 11.3 Å². The molecule has 29 heavy (non-hydrogen) atoms. The summed E-state index contributed by atoms with van der Waals surface area (Å²) in [6.45, 7) is 0. The monoisotopic (exact) mass is 418 g/mol. The van der Waals surface area contributed by atoms with Crippen molar-refractivity contribution in [3.63, 3.8) is 0 Å². The van der Waals surface area contributed by atoms with Crippen molar-refractivity contribution in [3.05, 3.63) is 47.8 Å². The Bertz CT molecular complexity index is 1010. The molecule has 0 aliphatic carbocycles. The molecule has 0 aliphatic heterocycles. The van der Waals surface area contributed by atoms with Gasteiger partial charge in [0.05, 0.1) is 18.9 Å². The number of aromatic nitrogens is 4. The first-order valence-electron chi connectivity index (χ1n) is 7.87. The van der Waals surface area contributed by atoms with Gasteiger partial charge in [0.2, 0.25) is 5.88 Å². The van der Waals surface area contributed by atoms with E-state index in [1.54, 1.807) is 0 Å². The number of rotatable bonds is 4. The standard InChI is InChI=1S/C17H12F6N4O2/c1-27-13(7-12(26-27)17(21,22)23)29-15-11(28-2)8-24-14(25-15)9-3-5-10(6-4-9)16(18,19)20/h3-8H,1-2H3. The van der Waals surface area contributed by atoms with E-state index in [4.69, 9.17) is 9.47 Å². The third-order valence-corrected chi connectivity index (χ3v) is 3.74. The minimum atomic E-state index is -4.67. The number of hydrogen-bond acceptors (Lipinski definition) is 5. The number of methoxy groups -OCH3 is 1. The molecule has 3 aromatic rings. The van der Waals surface area contributed by atoms with E-state index in [9.17, 15) is 26.3 Å². The number of alkyl halides is 6. The molecular formula is C17H12F6N4O2. The Morgan fingerprint density at radius 2 is 1.62 bits per heavy atom. The van der Waals surface area contributed by atoms with E-state index >= 15 is 0 Å². The number of ether oxygens (including phenoxy) is 2. The van der Waals surface area contributed by atoms with Gasteiger partial charge in [0.1, 0.15) is 0 Å². The zero-order valence-corrected chi connectivity index (χ0v) is 14.8. The van der Waals surface area contributed by atoms with Crippen molar-refractivity contribution in [1.29, 1.82) is 0 Å². The highest BCUT2D eigenvalue weighted by Gasteiger charge is 2.35. The lowest BCUT2D eigenvalue weighted by Crippen LogP contribution is -2.06. The Labute approximate surface area is 159 Å². The Morgan fingerprint density at radius 1 is 0.966 bits per heavy atom. The van der Waals surface area contributed by atoms with Crippen LogP contribution in [0, 0.1) is 0 Å². The largest absolute Gasteiger partial charge is 0.490 e. The Morgan fingerprint density at radius 3 is 2.14 bits per heavy atom. The summed E-state index contributed by atoms with van der Waals surface area (Å²) in [6, 6.07) is 4.74. The summed E-state index contributed by atoms with van der Waals surface area (Å²) in [5.74, 6) is -0.495. The molecule has 12 heteroatoms. The third kappa shape index (κ3) is 4.41. The lowest BCUT2D eigenvalue weighted by molar-refractivity contribution is -0.141. The molecule has 0 aliphatic rings. The van der Waals surface area contributed by atoms with Gasteiger partial charge in [-0.3, -0.25) is 0 Å². The molecule has 0 spiro atoms. The number of hydrogen-bond donors (Lipinski definition) is 0. The molecule has 1 aromatic carbocycles. The van der Waals surface area contributed by atoms with E-state index in [1.165, 1.54) is 32.5 Å². The van der Waals surface area contributed by atoms with Crippen LogP contribution in [0.5, 0.6) is 17.5 Å². The maximum atomic E-state index is 12.8. The Balaban J connectivity index is 1.95. The minimum absolute atomic E-state index is 0.00672. The normalized spacial score (nSPS) is 12.1. The predicted octanol–water partition coefficient (Wildman–Crippen LogP) is 4.72. The van der Waals surface area contributed by atoms with Crippen LogP contribution in [0.4, 0.5) is 26.3 Å². The van der Waals surface area contributed by atoms with Gasteiger partial charge >= 0.3 is 12.4 Å². The second-order valence-corrected chi connectivity index (χ2v) is 5.73. The summed E-state index contributed by atoms with van der Waals surface area (Å²) in [4.78, 5) is 8.03. The second kappa shape index (κ2) is 7.26. The fraction of sp³-hybridized carbons (Fsp3) is 0.235. The summed E-state index contributed by atoms with van der Waals surface area (Å²) >= 11 is 0. The van der Waals surface area contributed by atoms with Crippen LogP contribution in [0.25, 0.3) is 11.4 Å². The van der Waals surface area contributed by atoms with Gasteiger partial charge in [-0.05, 0) is 12.1 Å². The summed E-state index contributed by atoms with van der Waals surface area (Å²) < 4.78 is 87.8. The van der Waals surface area contributed by atoms with Crippen LogP contribution in [-0.4, -0.2) is 26.9 Å².